The average molecular weight is 601 g/mol. The molecule has 3 saturated heterocycles. The van der Waals surface area contributed by atoms with Crippen LogP contribution in [0.4, 0.5) is 5.69 Å². The lowest BCUT2D eigenvalue weighted by Gasteiger charge is -2.40. The minimum absolute atomic E-state index is 0.213. The third-order valence-corrected chi connectivity index (χ3v) is 9.68. The van der Waals surface area contributed by atoms with Crippen molar-refractivity contribution in [2.75, 3.05) is 24.7 Å². The first-order chi connectivity index (χ1) is 21.1. The van der Waals surface area contributed by atoms with Gasteiger partial charge in [0, 0.05) is 12.2 Å². The first-order valence-electron chi connectivity index (χ1n) is 15.6. The summed E-state index contributed by atoms with van der Waals surface area (Å²) in [5, 5.41) is 10.8. The molecule has 2 aromatic rings. The molecular formula is C36H44N2O6. The second-order valence-corrected chi connectivity index (χ2v) is 12.6. The molecule has 2 bridgehead atoms. The Labute approximate surface area is 260 Å². The largest absolute Gasteiger partial charge is 0.465 e. The maximum absolute atomic E-state index is 15.0. The minimum atomic E-state index is -1.26. The Hall–Kier alpha value is -3.75. The van der Waals surface area contributed by atoms with Crippen molar-refractivity contribution in [2.45, 2.75) is 76.2 Å². The van der Waals surface area contributed by atoms with Gasteiger partial charge in [0.2, 0.25) is 5.91 Å². The SMILES string of the molecule is C=CCCCCOC(=O)[C@H]1[C@H]2C(=O)N([C@H](CO)c3ccccc3)C(C(=O)N(CC=C)c3cc(C)ccc3C)C23CC[C@]1(C)O3. The van der Waals surface area contributed by atoms with Gasteiger partial charge < -0.3 is 24.4 Å². The van der Waals surface area contributed by atoms with Crippen LogP contribution in [0.15, 0.2) is 73.8 Å². The number of unbranched alkanes of at least 4 members (excludes halogenated alkanes) is 2. The summed E-state index contributed by atoms with van der Waals surface area (Å²) in [7, 11) is 0. The molecule has 3 fully saturated rings. The van der Waals surface area contributed by atoms with Crippen molar-refractivity contribution in [1.29, 1.82) is 0 Å². The lowest BCUT2D eigenvalue weighted by atomic mass is 9.66. The van der Waals surface area contributed by atoms with Crippen LogP contribution in [-0.4, -0.2) is 64.8 Å². The molecule has 6 atom stereocenters. The molecule has 1 N–H and O–H groups in total. The van der Waals surface area contributed by atoms with Crippen LogP contribution in [0.3, 0.4) is 0 Å². The number of likely N-dealkylation sites (tertiary alicyclic amines) is 1. The smallest absolute Gasteiger partial charge is 0.312 e. The number of ether oxygens (including phenoxy) is 2. The van der Waals surface area contributed by atoms with Crippen molar-refractivity contribution >= 4 is 23.5 Å². The van der Waals surface area contributed by atoms with E-state index in [-0.39, 0.29) is 25.0 Å². The zero-order chi connectivity index (χ0) is 31.6. The highest BCUT2D eigenvalue weighted by atomic mass is 16.6. The number of aliphatic hydroxyl groups is 1. The molecule has 2 amide bonds. The molecule has 1 spiro atoms. The van der Waals surface area contributed by atoms with Crippen LogP contribution in [0, 0.1) is 25.7 Å². The van der Waals surface area contributed by atoms with Gasteiger partial charge in [-0.2, -0.15) is 0 Å². The normalized spacial score (nSPS) is 27.6. The number of aryl methyl sites for hydroxylation is 2. The van der Waals surface area contributed by atoms with Crippen LogP contribution in [0.2, 0.25) is 0 Å². The second-order valence-electron chi connectivity index (χ2n) is 12.6. The summed E-state index contributed by atoms with van der Waals surface area (Å²) in [6, 6.07) is 13.2. The van der Waals surface area contributed by atoms with E-state index in [1.165, 1.54) is 4.90 Å². The summed E-state index contributed by atoms with van der Waals surface area (Å²) in [5.74, 6) is -2.96. The zero-order valence-electron chi connectivity index (χ0n) is 26.0. The highest BCUT2D eigenvalue weighted by Crippen LogP contribution is 2.64. The van der Waals surface area contributed by atoms with E-state index in [0.717, 1.165) is 29.7 Å². The highest BCUT2D eigenvalue weighted by Gasteiger charge is 2.79. The van der Waals surface area contributed by atoms with E-state index in [1.54, 1.807) is 11.0 Å². The molecule has 0 saturated carbocycles. The third kappa shape index (κ3) is 5.28. The number of aliphatic hydroxyl groups excluding tert-OH is 1. The van der Waals surface area contributed by atoms with Gasteiger partial charge in [-0.15, -0.1) is 13.2 Å². The van der Waals surface area contributed by atoms with Gasteiger partial charge >= 0.3 is 5.97 Å². The van der Waals surface area contributed by atoms with Crippen LogP contribution in [-0.2, 0) is 23.9 Å². The molecular weight excluding hydrogens is 556 g/mol. The van der Waals surface area contributed by atoms with Crippen molar-refractivity contribution in [1.82, 2.24) is 4.90 Å². The van der Waals surface area contributed by atoms with E-state index in [9.17, 15) is 19.5 Å². The van der Waals surface area contributed by atoms with Crippen molar-refractivity contribution in [3.63, 3.8) is 0 Å². The van der Waals surface area contributed by atoms with Gasteiger partial charge in [0.25, 0.3) is 5.91 Å². The van der Waals surface area contributed by atoms with E-state index in [1.807, 2.05) is 75.4 Å². The Morgan fingerprint density at radius 1 is 1.14 bits per heavy atom. The first-order valence-corrected chi connectivity index (χ1v) is 15.6. The number of nitrogens with zero attached hydrogens (tertiary/aromatic N) is 2. The van der Waals surface area contributed by atoms with E-state index in [0.29, 0.717) is 24.8 Å². The molecule has 0 aliphatic carbocycles. The van der Waals surface area contributed by atoms with E-state index >= 15 is 0 Å². The maximum Gasteiger partial charge on any atom is 0.312 e. The zero-order valence-corrected chi connectivity index (χ0v) is 26.0. The number of esters is 1. The summed E-state index contributed by atoms with van der Waals surface area (Å²) >= 11 is 0. The Morgan fingerprint density at radius 2 is 1.89 bits per heavy atom. The first kappa shape index (κ1) is 31.7. The number of amides is 2. The van der Waals surface area contributed by atoms with Crippen LogP contribution in [0.5, 0.6) is 0 Å². The van der Waals surface area contributed by atoms with E-state index in [4.69, 9.17) is 9.47 Å². The Balaban J connectivity index is 1.60. The number of fused-ring (bicyclic) bond motifs is 1. The molecule has 234 valence electrons. The van der Waals surface area contributed by atoms with Crippen LogP contribution in [0.25, 0.3) is 0 Å². The summed E-state index contributed by atoms with van der Waals surface area (Å²) in [4.78, 5) is 46.6. The van der Waals surface area contributed by atoms with Crippen molar-refractivity contribution < 1.29 is 29.0 Å². The topological polar surface area (TPSA) is 96.4 Å². The van der Waals surface area contributed by atoms with Gasteiger partial charge in [0.15, 0.2) is 0 Å². The molecule has 5 rings (SSSR count). The van der Waals surface area contributed by atoms with Gasteiger partial charge in [-0.05, 0) is 75.6 Å². The maximum atomic E-state index is 15.0. The molecule has 3 aliphatic heterocycles. The Bertz CT molecular complexity index is 1420. The Kier molecular flexibility index (Phi) is 9.14. The van der Waals surface area contributed by atoms with E-state index in [2.05, 4.69) is 13.2 Å². The van der Waals surface area contributed by atoms with Gasteiger partial charge in [-0.1, -0.05) is 54.6 Å². The number of carbonyl (C=O) groups is 3. The fourth-order valence-corrected chi connectivity index (χ4v) is 7.61. The fraction of sp³-hybridized carbons (Fsp3) is 0.472. The van der Waals surface area contributed by atoms with Crippen molar-refractivity contribution in [3.05, 3.63) is 90.5 Å². The minimum Gasteiger partial charge on any atom is -0.465 e. The van der Waals surface area contributed by atoms with Crippen LogP contribution in [0.1, 0.15) is 61.8 Å². The molecule has 2 aromatic carbocycles. The lowest BCUT2D eigenvalue weighted by Crippen LogP contribution is -2.57. The van der Waals surface area contributed by atoms with Gasteiger partial charge in [-0.3, -0.25) is 14.4 Å². The predicted octanol–water partition coefficient (Wildman–Crippen LogP) is 5.22. The van der Waals surface area contributed by atoms with E-state index < -0.39 is 47.7 Å². The van der Waals surface area contributed by atoms with Gasteiger partial charge in [0.05, 0.1) is 30.8 Å². The summed E-state index contributed by atoms with van der Waals surface area (Å²) in [5.41, 5.74) is 1.10. The molecule has 8 nitrogen and oxygen atoms in total. The molecule has 2 unspecified atom stereocenters. The molecule has 0 aromatic heterocycles. The number of anilines is 1. The summed E-state index contributed by atoms with van der Waals surface area (Å²) in [6.45, 7) is 13.5. The third-order valence-electron chi connectivity index (χ3n) is 9.68. The number of hydrogen-bond donors (Lipinski definition) is 1. The number of rotatable bonds is 13. The Morgan fingerprint density at radius 3 is 2.57 bits per heavy atom. The number of benzene rings is 2. The highest BCUT2D eigenvalue weighted by molar-refractivity contribution is 6.05. The second kappa shape index (κ2) is 12.7. The van der Waals surface area contributed by atoms with Crippen molar-refractivity contribution in [3.8, 4) is 0 Å². The predicted molar refractivity (Wildman–Crippen MR) is 169 cm³/mol. The number of carbonyl (C=O) groups excluding carboxylic acids is 3. The molecule has 44 heavy (non-hydrogen) atoms. The lowest BCUT2D eigenvalue weighted by molar-refractivity contribution is -0.160. The molecule has 3 aliphatic rings. The molecule has 0 radical (unpaired) electrons. The molecule has 3 heterocycles. The average Bonchev–Trinajstić information content (AvgIpc) is 3.58. The number of allylic oxidation sites excluding steroid dienone is 1. The molecule has 8 heteroatoms. The summed E-state index contributed by atoms with van der Waals surface area (Å²) < 4.78 is 12.5. The van der Waals surface area contributed by atoms with Gasteiger partial charge in [-0.25, -0.2) is 0 Å². The fourth-order valence-electron chi connectivity index (χ4n) is 7.61. The van der Waals surface area contributed by atoms with Gasteiger partial charge in [0.1, 0.15) is 17.6 Å². The van der Waals surface area contributed by atoms with Crippen LogP contribution >= 0.6 is 0 Å². The number of hydrogen-bond acceptors (Lipinski definition) is 6. The summed E-state index contributed by atoms with van der Waals surface area (Å²) in [6.07, 6.45) is 6.79. The van der Waals surface area contributed by atoms with Crippen LogP contribution < -0.4 is 4.90 Å². The standard InChI is InChI=1S/C36H44N2O6/c1-6-8-9-13-21-43-34(42)30-29-32(40)38(28(23-39)26-14-11-10-12-15-26)31(36(29)19-18-35(30,5)44-36)33(41)37(20-7-2)27-22-24(3)16-17-25(27)4/h6-7,10-12,14-17,22,28-31,39H,1-2,8-9,13,18-21,23H2,3-5H3/t28-,29+,30-,31?,35+,36?/m1/s1. The quantitative estimate of drug-likeness (QED) is 0.192. The van der Waals surface area contributed by atoms with Crippen molar-refractivity contribution in [2.24, 2.45) is 11.8 Å². The monoisotopic (exact) mass is 600 g/mol.